The standard InChI is InChI=1S/C22H20OSi/c1-21-17-22(21,23-21)24(18-11-5-2-6-12-18,19-13-7-3-8-14-19)20-15-9-4-10-16-20/h2-16H,17H2,1H3. The van der Waals surface area contributed by atoms with Crippen molar-refractivity contribution in [3.63, 3.8) is 0 Å². The van der Waals surface area contributed by atoms with E-state index >= 15 is 0 Å². The zero-order valence-corrected chi connectivity index (χ0v) is 14.8. The summed E-state index contributed by atoms with van der Waals surface area (Å²) in [4.78, 5) is 0. The Morgan fingerprint density at radius 3 is 1.21 bits per heavy atom. The topological polar surface area (TPSA) is 12.5 Å². The summed E-state index contributed by atoms with van der Waals surface area (Å²) in [6, 6.07) is 33.2. The van der Waals surface area contributed by atoms with Gasteiger partial charge in [-0.2, -0.15) is 0 Å². The molecule has 1 aliphatic heterocycles. The van der Waals surface area contributed by atoms with Crippen molar-refractivity contribution in [1.29, 1.82) is 0 Å². The number of benzene rings is 3. The van der Waals surface area contributed by atoms with Gasteiger partial charge in [0.1, 0.15) is 5.22 Å². The SMILES string of the molecule is CC12CC1([Si](c1ccccc1)(c1ccccc1)c1ccccc1)O2. The van der Waals surface area contributed by atoms with Crippen molar-refractivity contribution in [2.75, 3.05) is 0 Å². The highest BCUT2D eigenvalue weighted by Gasteiger charge is 2.92. The van der Waals surface area contributed by atoms with Crippen LogP contribution in [-0.2, 0) is 4.74 Å². The van der Waals surface area contributed by atoms with Gasteiger partial charge in [-0.25, -0.2) is 0 Å². The molecule has 0 N–H and O–H groups in total. The van der Waals surface area contributed by atoms with Gasteiger partial charge in [-0.05, 0) is 22.5 Å². The second kappa shape index (κ2) is 4.68. The van der Waals surface area contributed by atoms with Crippen LogP contribution in [0, 0.1) is 0 Å². The molecule has 2 unspecified atom stereocenters. The molecule has 0 radical (unpaired) electrons. The lowest BCUT2D eigenvalue weighted by atomic mass is 10.3. The minimum atomic E-state index is -2.23. The van der Waals surface area contributed by atoms with E-state index in [2.05, 4.69) is 97.9 Å². The minimum Gasteiger partial charge on any atom is -0.365 e. The number of fused-ring (bicyclic) bond motifs is 1. The van der Waals surface area contributed by atoms with Crippen LogP contribution < -0.4 is 15.6 Å². The van der Waals surface area contributed by atoms with Crippen LogP contribution in [0.25, 0.3) is 0 Å². The van der Waals surface area contributed by atoms with E-state index in [0.717, 1.165) is 0 Å². The average Bonchev–Trinajstić information content (AvgIpc) is 3.44. The summed E-state index contributed by atoms with van der Waals surface area (Å²) in [5, 5.41) is 4.36. The van der Waals surface area contributed by atoms with Crippen LogP contribution in [0.15, 0.2) is 91.0 Å². The second-order valence-electron chi connectivity index (χ2n) is 7.18. The van der Waals surface area contributed by atoms with Gasteiger partial charge in [0.05, 0.1) is 5.60 Å². The van der Waals surface area contributed by atoms with Gasteiger partial charge in [-0.3, -0.25) is 0 Å². The molecule has 3 aromatic rings. The summed E-state index contributed by atoms with van der Waals surface area (Å²) >= 11 is 0. The smallest absolute Gasteiger partial charge is 0.186 e. The van der Waals surface area contributed by atoms with Crippen molar-refractivity contribution in [3.8, 4) is 0 Å². The van der Waals surface area contributed by atoms with Crippen LogP contribution >= 0.6 is 0 Å². The van der Waals surface area contributed by atoms with Gasteiger partial charge in [-0.15, -0.1) is 0 Å². The molecule has 0 aromatic heterocycles. The molecule has 5 rings (SSSR count). The Kier molecular flexibility index (Phi) is 2.77. The maximum absolute atomic E-state index is 6.37. The van der Waals surface area contributed by atoms with E-state index in [0.29, 0.717) is 0 Å². The molecule has 0 spiro atoms. The van der Waals surface area contributed by atoms with E-state index in [4.69, 9.17) is 4.74 Å². The fraction of sp³-hybridized carbons (Fsp3) is 0.182. The Labute approximate surface area is 143 Å². The number of hydrogen-bond donors (Lipinski definition) is 0. The number of epoxide rings is 1. The highest BCUT2D eigenvalue weighted by atomic mass is 28.3. The predicted octanol–water partition coefficient (Wildman–Crippen LogP) is 2.63. The first-order chi connectivity index (χ1) is 11.7. The summed E-state index contributed by atoms with van der Waals surface area (Å²) in [6.07, 6.45) is 1.17. The largest absolute Gasteiger partial charge is 0.365 e. The van der Waals surface area contributed by atoms with E-state index in [-0.39, 0.29) is 10.8 Å². The van der Waals surface area contributed by atoms with Crippen LogP contribution in [0.5, 0.6) is 0 Å². The Hall–Kier alpha value is -2.16. The summed E-state index contributed by atoms with van der Waals surface area (Å²) in [5.74, 6) is 0. The predicted molar refractivity (Wildman–Crippen MR) is 101 cm³/mol. The monoisotopic (exact) mass is 328 g/mol. The molecule has 2 heteroatoms. The summed E-state index contributed by atoms with van der Waals surface area (Å²) in [6.45, 7) is 2.28. The molecule has 1 nitrogen and oxygen atoms in total. The molecule has 2 atom stereocenters. The van der Waals surface area contributed by atoms with Crippen molar-refractivity contribution in [3.05, 3.63) is 91.0 Å². The normalized spacial score (nSPS) is 27.4. The van der Waals surface area contributed by atoms with Crippen LogP contribution in [0.1, 0.15) is 13.3 Å². The first-order valence-corrected chi connectivity index (χ1v) is 10.6. The van der Waals surface area contributed by atoms with Crippen molar-refractivity contribution in [2.24, 2.45) is 0 Å². The maximum atomic E-state index is 6.37. The molecule has 1 aliphatic carbocycles. The van der Waals surface area contributed by atoms with Crippen molar-refractivity contribution in [1.82, 2.24) is 0 Å². The first-order valence-electron chi connectivity index (χ1n) is 8.60. The molecule has 0 bridgehead atoms. The Balaban J connectivity index is 1.86. The van der Waals surface area contributed by atoms with E-state index in [1.54, 1.807) is 0 Å². The van der Waals surface area contributed by atoms with E-state index in [1.165, 1.54) is 22.0 Å². The van der Waals surface area contributed by atoms with Crippen molar-refractivity contribution in [2.45, 2.75) is 24.2 Å². The zero-order chi connectivity index (χ0) is 16.3. The van der Waals surface area contributed by atoms with Crippen LogP contribution in [0.2, 0.25) is 0 Å². The van der Waals surface area contributed by atoms with Crippen molar-refractivity contribution < 1.29 is 4.74 Å². The third kappa shape index (κ3) is 1.62. The Morgan fingerprint density at radius 1 is 0.667 bits per heavy atom. The molecule has 1 heterocycles. The zero-order valence-electron chi connectivity index (χ0n) is 13.8. The number of rotatable bonds is 4. The molecule has 0 amide bonds. The molecule has 3 aromatic carbocycles. The second-order valence-corrected chi connectivity index (χ2v) is 11.2. The quantitative estimate of drug-likeness (QED) is 0.407. The highest BCUT2D eigenvalue weighted by molar-refractivity contribution is 7.14. The lowest BCUT2D eigenvalue weighted by Crippen LogP contribution is -2.73. The first kappa shape index (κ1) is 14.2. The third-order valence-electron chi connectivity index (χ3n) is 5.90. The van der Waals surface area contributed by atoms with Gasteiger partial charge in [0.15, 0.2) is 8.07 Å². The molecule has 1 saturated carbocycles. The summed E-state index contributed by atoms with van der Waals surface area (Å²) in [7, 11) is -2.23. The van der Waals surface area contributed by atoms with Gasteiger partial charge in [0.2, 0.25) is 0 Å². The number of hydrogen-bond acceptors (Lipinski definition) is 1. The fourth-order valence-corrected chi connectivity index (χ4v) is 10.9. The van der Waals surface area contributed by atoms with Gasteiger partial charge in [0.25, 0.3) is 0 Å². The van der Waals surface area contributed by atoms with Crippen LogP contribution in [0.3, 0.4) is 0 Å². The Bertz CT molecular complexity index is 771. The maximum Gasteiger partial charge on any atom is 0.186 e. The molecule has 1 saturated heterocycles. The van der Waals surface area contributed by atoms with Crippen LogP contribution in [-0.4, -0.2) is 18.9 Å². The summed E-state index contributed by atoms with van der Waals surface area (Å²) < 4.78 is 6.37. The highest BCUT2D eigenvalue weighted by Crippen LogP contribution is 2.73. The Morgan fingerprint density at radius 2 is 0.958 bits per heavy atom. The lowest BCUT2D eigenvalue weighted by molar-refractivity contribution is 0.217. The van der Waals surface area contributed by atoms with E-state index in [1.807, 2.05) is 0 Å². The molecular weight excluding hydrogens is 308 g/mol. The molecule has 2 fully saturated rings. The van der Waals surface area contributed by atoms with E-state index in [9.17, 15) is 0 Å². The van der Waals surface area contributed by atoms with E-state index < -0.39 is 8.07 Å². The molecular formula is C22H20OSi. The van der Waals surface area contributed by atoms with Gasteiger partial charge >= 0.3 is 0 Å². The summed E-state index contributed by atoms with van der Waals surface area (Å²) in [5.41, 5.74) is 0.0702. The fourth-order valence-electron chi connectivity index (χ4n) is 4.65. The van der Waals surface area contributed by atoms with Gasteiger partial charge < -0.3 is 4.74 Å². The molecule has 2 aliphatic rings. The van der Waals surface area contributed by atoms with Gasteiger partial charge in [0, 0.05) is 6.42 Å². The van der Waals surface area contributed by atoms with Crippen LogP contribution in [0.4, 0.5) is 0 Å². The average molecular weight is 328 g/mol. The third-order valence-corrected chi connectivity index (χ3v) is 11.5. The van der Waals surface area contributed by atoms with Gasteiger partial charge in [-0.1, -0.05) is 91.0 Å². The molecule has 118 valence electrons. The lowest BCUT2D eigenvalue weighted by Gasteiger charge is -2.35. The minimum absolute atomic E-state index is 0.0179. The molecule has 24 heavy (non-hydrogen) atoms. The number of ether oxygens (including phenoxy) is 1. The van der Waals surface area contributed by atoms with Crippen molar-refractivity contribution >= 4 is 23.6 Å².